The van der Waals surface area contributed by atoms with E-state index in [0.29, 0.717) is 23.2 Å². The Morgan fingerprint density at radius 3 is 2.50 bits per heavy atom. The third-order valence-electron chi connectivity index (χ3n) is 3.43. The van der Waals surface area contributed by atoms with E-state index in [-0.39, 0.29) is 0 Å². The van der Waals surface area contributed by atoms with Gasteiger partial charge >= 0.3 is 0 Å². The molecule has 0 unspecified atom stereocenters. The summed E-state index contributed by atoms with van der Waals surface area (Å²) < 4.78 is 5.46. The molecule has 2 aromatic heterocycles. The Morgan fingerprint density at radius 1 is 1.08 bits per heavy atom. The van der Waals surface area contributed by atoms with Crippen molar-refractivity contribution in [3.8, 4) is 0 Å². The molecule has 4 nitrogen and oxygen atoms in total. The van der Waals surface area contributed by atoms with Gasteiger partial charge in [0.2, 0.25) is 0 Å². The van der Waals surface area contributed by atoms with Gasteiger partial charge in [0.05, 0.1) is 12.8 Å². The van der Waals surface area contributed by atoms with Gasteiger partial charge in [0.1, 0.15) is 5.76 Å². The van der Waals surface area contributed by atoms with Crippen molar-refractivity contribution in [3.63, 3.8) is 0 Å². The minimum atomic E-state index is 0.578. The maximum absolute atomic E-state index is 5.92. The molecule has 0 aliphatic rings. The van der Waals surface area contributed by atoms with E-state index in [9.17, 15) is 0 Å². The standard InChI is InChI=1S/C18H16ClN3OS/c19-15-3-5-16(6-4-15)21-18(24)22(13-17-2-1-11-23-17)12-14-7-9-20-10-8-14/h1-11H,12-13H2,(H,21,24). The highest BCUT2D eigenvalue weighted by Gasteiger charge is 2.13. The Hall–Kier alpha value is -2.37. The number of hydrogen-bond donors (Lipinski definition) is 1. The number of furan rings is 1. The summed E-state index contributed by atoms with van der Waals surface area (Å²) in [5, 5.41) is 4.55. The zero-order valence-corrected chi connectivity index (χ0v) is 14.4. The van der Waals surface area contributed by atoms with Crippen LogP contribution in [0.15, 0.2) is 71.6 Å². The fraction of sp³-hybridized carbons (Fsp3) is 0.111. The Bertz CT molecular complexity index is 776. The predicted molar refractivity (Wildman–Crippen MR) is 99.9 cm³/mol. The van der Waals surface area contributed by atoms with Crippen molar-refractivity contribution in [2.45, 2.75) is 13.1 Å². The van der Waals surface area contributed by atoms with Crippen LogP contribution in [0.4, 0.5) is 5.69 Å². The lowest BCUT2D eigenvalue weighted by molar-refractivity contribution is 0.360. The van der Waals surface area contributed by atoms with Crippen LogP contribution < -0.4 is 5.32 Å². The minimum Gasteiger partial charge on any atom is -0.467 e. The van der Waals surface area contributed by atoms with Crippen molar-refractivity contribution in [3.05, 3.63) is 83.5 Å². The zero-order chi connectivity index (χ0) is 16.8. The molecular formula is C18H16ClN3OS. The van der Waals surface area contributed by atoms with Crippen LogP contribution in [-0.2, 0) is 13.1 Å². The lowest BCUT2D eigenvalue weighted by Crippen LogP contribution is -2.33. The van der Waals surface area contributed by atoms with Crippen LogP contribution in [0.2, 0.25) is 5.02 Å². The number of thiocarbonyl (C=S) groups is 1. The van der Waals surface area contributed by atoms with E-state index in [1.165, 1.54) is 0 Å². The van der Waals surface area contributed by atoms with Crippen LogP contribution in [-0.4, -0.2) is 15.0 Å². The van der Waals surface area contributed by atoms with Crippen molar-refractivity contribution in [2.24, 2.45) is 0 Å². The van der Waals surface area contributed by atoms with Gasteiger partial charge in [-0.15, -0.1) is 0 Å². The second-order valence-electron chi connectivity index (χ2n) is 5.23. The number of halogens is 1. The molecule has 0 spiro atoms. The Kier molecular flexibility index (Phi) is 5.46. The largest absolute Gasteiger partial charge is 0.467 e. The molecule has 0 radical (unpaired) electrons. The van der Waals surface area contributed by atoms with Crippen molar-refractivity contribution in [1.82, 2.24) is 9.88 Å². The molecule has 0 bridgehead atoms. The van der Waals surface area contributed by atoms with Gasteiger partial charge in [-0.2, -0.15) is 0 Å². The fourth-order valence-corrected chi connectivity index (χ4v) is 2.61. The highest BCUT2D eigenvalue weighted by Crippen LogP contribution is 2.16. The van der Waals surface area contributed by atoms with Crippen LogP contribution in [0.25, 0.3) is 0 Å². The monoisotopic (exact) mass is 357 g/mol. The molecule has 24 heavy (non-hydrogen) atoms. The molecule has 1 N–H and O–H groups in total. The Morgan fingerprint density at radius 2 is 1.83 bits per heavy atom. The second-order valence-corrected chi connectivity index (χ2v) is 6.05. The summed E-state index contributed by atoms with van der Waals surface area (Å²) in [5.41, 5.74) is 2.01. The van der Waals surface area contributed by atoms with Gasteiger partial charge in [0, 0.05) is 29.6 Å². The van der Waals surface area contributed by atoms with Crippen molar-refractivity contribution < 1.29 is 4.42 Å². The highest BCUT2D eigenvalue weighted by atomic mass is 35.5. The average Bonchev–Trinajstić information content (AvgIpc) is 3.10. The van der Waals surface area contributed by atoms with E-state index in [1.807, 2.05) is 53.4 Å². The summed E-state index contributed by atoms with van der Waals surface area (Å²) in [4.78, 5) is 6.09. The number of aromatic nitrogens is 1. The summed E-state index contributed by atoms with van der Waals surface area (Å²) in [6.45, 7) is 1.23. The molecule has 0 amide bonds. The topological polar surface area (TPSA) is 41.3 Å². The van der Waals surface area contributed by atoms with Crippen LogP contribution in [0.5, 0.6) is 0 Å². The van der Waals surface area contributed by atoms with Crippen molar-refractivity contribution >= 4 is 34.6 Å². The number of nitrogens with zero attached hydrogens (tertiary/aromatic N) is 2. The van der Waals surface area contributed by atoms with Gasteiger partial charge in [-0.05, 0) is 66.3 Å². The van der Waals surface area contributed by atoms with E-state index in [1.54, 1.807) is 18.7 Å². The molecule has 0 aliphatic heterocycles. The SMILES string of the molecule is S=C(Nc1ccc(Cl)cc1)N(Cc1ccncc1)Cc1ccco1. The second kappa shape index (κ2) is 7.95. The van der Waals surface area contributed by atoms with Crippen LogP contribution in [0, 0.1) is 0 Å². The van der Waals surface area contributed by atoms with E-state index in [4.69, 9.17) is 28.2 Å². The van der Waals surface area contributed by atoms with Crippen LogP contribution in [0.1, 0.15) is 11.3 Å². The first-order valence-corrected chi connectivity index (χ1v) is 8.22. The molecule has 0 aliphatic carbocycles. The lowest BCUT2D eigenvalue weighted by Gasteiger charge is -2.25. The number of pyridine rings is 1. The van der Waals surface area contributed by atoms with E-state index in [2.05, 4.69) is 10.3 Å². The van der Waals surface area contributed by atoms with E-state index in [0.717, 1.165) is 17.0 Å². The molecule has 3 aromatic rings. The molecule has 0 saturated heterocycles. The number of benzene rings is 1. The molecular weight excluding hydrogens is 342 g/mol. The molecule has 0 atom stereocenters. The first kappa shape index (κ1) is 16.5. The third kappa shape index (κ3) is 4.57. The number of hydrogen-bond acceptors (Lipinski definition) is 3. The lowest BCUT2D eigenvalue weighted by atomic mass is 10.2. The quantitative estimate of drug-likeness (QED) is 0.669. The number of nitrogens with one attached hydrogen (secondary N) is 1. The third-order valence-corrected chi connectivity index (χ3v) is 4.04. The Balaban J connectivity index is 1.74. The van der Waals surface area contributed by atoms with Gasteiger partial charge in [-0.25, -0.2) is 0 Å². The van der Waals surface area contributed by atoms with Gasteiger partial charge in [-0.3, -0.25) is 4.98 Å². The molecule has 0 fully saturated rings. The predicted octanol–water partition coefficient (Wildman–Crippen LogP) is 4.73. The summed E-state index contributed by atoms with van der Waals surface area (Å²) in [6, 6.07) is 15.2. The smallest absolute Gasteiger partial charge is 0.174 e. The normalized spacial score (nSPS) is 10.4. The summed E-state index contributed by atoms with van der Waals surface area (Å²) in [5.74, 6) is 0.851. The van der Waals surface area contributed by atoms with Crippen molar-refractivity contribution in [1.29, 1.82) is 0 Å². The van der Waals surface area contributed by atoms with Gasteiger partial charge in [0.25, 0.3) is 0 Å². The van der Waals surface area contributed by atoms with Gasteiger partial charge in [0.15, 0.2) is 5.11 Å². The molecule has 122 valence electrons. The Labute approximate surface area is 151 Å². The number of anilines is 1. The average molecular weight is 358 g/mol. The van der Waals surface area contributed by atoms with E-state index >= 15 is 0 Å². The highest BCUT2D eigenvalue weighted by molar-refractivity contribution is 7.80. The first-order chi connectivity index (χ1) is 11.7. The number of rotatable bonds is 5. The fourth-order valence-electron chi connectivity index (χ4n) is 2.23. The van der Waals surface area contributed by atoms with Crippen LogP contribution >= 0.6 is 23.8 Å². The van der Waals surface area contributed by atoms with Gasteiger partial charge < -0.3 is 14.6 Å². The maximum atomic E-state index is 5.92. The molecule has 3 rings (SSSR count). The maximum Gasteiger partial charge on any atom is 0.174 e. The minimum absolute atomic E-state index is 0.578. The van der Waals surface area contributed by atoms with Crippen LogP contribution in [0.3, 0.4) is 0 Å². The summed E-state index contributed by atoms with van der Waals surface area (Å²) in [7, 11) is 0. The molecule has 2 heterocycles. The first-order valence-electron chi connectivity index (χ1n) is 7.43. The molecule has 0 saturated carbocycles. The van der Waals surface area contributed by atoms with Crippen molar-refractivity contribution in [2.75, 3.05) is 5.32 Å². The zero-order valence-electron chi connectivity index (χ0n) is 12.9. The molecule has 1 aromatic carbocycles. The molecule has 6 heteroatoms. The summed E-state index contributed by atoms with van der Waals surface area (Å²) >= 11 is 11.5. The summed E-state index contributed by atoms with van der Waals surface area (Å²) in [6.07, 6.45) is 5.21. The van der Waals surface area contributed by atoms with Gasteiger partial charge in [-0.1, -0.05) is 11.6 Å². The van der Waals surface area contributed by atoms with E-state index < -0.39 is 0 Å².